The number of hydrogen-bond acceptors (Lipinski definition) is 10. The van der Waals surface area contributed by atoms with Gasteiger partial charge >= 0.3 is 11.9 Å². The fourth-order valence-electron chi connectivity index (χ4n) is 5.77. The highest BCUT2D eigenvalue weighted by Gasteiger charge is 2.15. The SMILES string of the molecule is C#CCOc1ccc2cc(C(=O)OCC(O)COc3ccc(Cc4ccc(OCC(O)COC(=O)c5ccc6cc(OCC#C)ccc6c5)cc4)cc3)ccc2c1. The van der Waals surface area contributed by atoms with Gasteiger partial charge in [-0.3, -0.25) is 0 Å². The van der Waals surface area contributed by atoms with E-state index >= 15 is 0 Å². The van der Waals surface area contributed by atoms with Gasteiger partial charge in [-0.15, -0.1) is 12.8 Å². The summed E-state index contributed by atoms with van der Waals surface area (Å²) in [5.41, 5.74) is 2.81. The normalized spacial score (nSPS) is 11.8. The van der Waals surface area contributed by atoms with Crippen molar-refractivity contribution >= 4 is 33.5 Å². The number of carbonyl (C=O) groups is 2. The highest BCUT2D eigenvalue weighted by Crippen LogP contribution is 2.24. The molecule has 2 atom stereocenters. The molecule has 0 radical (unpaired) electrons. The van der Waals surface area contributed by atoms with Crippen LogP contribution in [0.25, 0.3) is 21.5 Å². The van der Waals surface area contributed by atoms with E-state index in [2.05, 4.69) is 11.8 Å². The number of aliphatic hydroxyl groups is 2. The van der Waals surface area contributed by atoms with E-state index in [0.717, 1.165) is 32.7 Å². The van der Waals surface area contributed by atoms with E-state index in [9.17, 15) is 19.8 Å². The molecule has 10 heteroatoms. The number of benzene rings is 6. The molecule has 6 rings (SSSR count). The number of esters is 2. The van der Waals surface area contributed by atoms with Gasteiger partial charge in [-0.1, -0.05) is 60.4 Å². The molecule has 0 amide bonds. The van der Waals surface area contributed by atoms with Crippen molar-refractivity contribution in [1.29, 1.82) is 0 Å². The number of fused-ring (bicyclic) bond motifs is 2. The zero-order valence-corrected chi connectivity index (χ0v) is 31.0. The highest BCUT2D eigenvalue weighted by atomic mass is 16.6. The zero-order chi connectivity index (χ0) is 40.0. The van der Waals surface area contributed by atoms with Crippen LogP contribution in [0.5, 0.6) is 23.0 Å². The maximum atomic E-state index is 12.6. The van der Waals surface area contributed by atoms with E-state index < -0.39 is 24.1 Å². The number of carbonyl (C=O) groups excluding carboxylic acids is 2. The van der Waals surface area contributed by atoms with Crippen molar-refractivity contribution in [2.75, 3.05) is 39.6 Å². The smallest absolute Gasteiger partial charge is 0.338 e. The number of hydrogen-bond donors (Lipinski definition) is 2. The quantitative estimate of drug-likeness (QED) is 0.0712. The van der Waals surface area contributed by atoms with E-state index in [4.69, 9.17) is 41.3 Å². The summed E-state index contributed by atoms with van der Waals surface area (Å²) in [5, 5.41) is 24.2. The van der Waals surface area contributed by atoms with Gasteiger partial charge < -0.3 is 38.6 Å². The minimum absolute atomic E-state index is 0.0555. The van der Waals surface area contributed by atoms with Crippen LogP contribution in [0.1, 0.15) is 31.8 Å². The maximum absolute atomic E-state index is 12.6. The third-order valence-electron chi connectivity index (χ3n) is 8.69. The Morgan fingerprint density at radius 1 is 0.474 bits per heavy atom. The highest BCUT2D eigenvalue weighted by molar-refractivity contribution is 5.96. The van der Waals surface area contributed by atoms with Gasteiger partial charge in [0.2, 0.25) is 0 Å². The van der Waals surface area contributed by atoms with Crippen LogP contribution in [0.2, 0.25) is 0 Å². The molecule has 10 nitrogen and oxygen atoms in total. The summed E-state index contributed by atoms with van der Waals surface area (Å²) in [6.45, 7) is -0.215. The van der Waals surface area contributed by atoms with E-state index in [1.807, 2.05) is 72.8 Å². The molecule has 0 spiro atoms. The van der Waals surface area contributed by atoms with E-state index in [1.165, 1.54) is 0 Å². The monoisotopic (exact) mass is 764 g/mol. The average Bonchev–Trinajstić information content (AvgIpc) is 3.24. The number of aliphatic hydroxyl groups excluding tert-OH is 2. The largest absolute Gasteiger partial charge is 0.491 e. The van der Waals surface area contributed by atoms with Crippen molar-refractivity contribution in [2.24, 2.45) is 0 Å². The van der Waals surface area contributed by atoms with Gasteiger partial charge in [-0.25, -0.2) is 9.59 Å². The Morgan fingerprint density at radius 3 is 1.25 bits per heavy atom. The molecule has 0 aliphatic carbocycles. The number of ether oxygens (including phenoxy) is 6. The lowest BCUT2D eigenvalue weighted by atomic mass is 10.0. The van der Waals surface area contributed by atoms with Crippen LogP contribution in [0.4, 0.5) is 0 Å². The predicted molar refractivity (Wildman–Crippen MR) is 216 cm³/mol. The molecule has 0 fully saturated rings. The van der Waals surface area contributed by atoms with Crippen LogP contribution in [0, 0.1) is 24.7 Å². The van der Waals surface area contributed by atoms with Crippen molar-refractivity contribution in [3.63, 3.8) is 0 Å². The molecule has 0 aromatic heterocycles. The van der Waals surface area contributed by atoms with Crippen molar-refractivity contribution in [1.82, 2.24) is 0 Å². The third-order valence-corrected chi connectivity index (χ3v) is 8.69. The summed E-state index contributed by atoms with van der Waals surface area (Å²) in [6.07, 6.45) is 9.11. The first-order valence-electron chi connectivity index (χ1n) is 18.1. The lowest BCUT2D eigenvalue weighted by molar-refractivity contribution is 0.0127. The van der Waals surface area contributed by atoms with E-state index in [-0.39, 0.29) is 39.6 Å². The van der Waals surface area contributed by atoms with Gasteiger partial charge in [-0.2, -0.15) is 0 Å². The molecule has 0 heterocycles. The Balaban J connectivity index is 0.879. The molecule has 288 valence electrons. The molecule has 57 heavy (non-hydrogen) atoms. The van der Waals surface area contributed by atoms with Crippen molar-refractivity contribution < 1.29 is 48.2 Å². The predicted octanol–water partition coefficient (Wildman–Crippen LogP) is 6.80. The van der Waals surface area contributed by atoms with Crippen LogP contribution < -0.4 is 18.9 Å². The topological polar surface area (TPSA) is 130 Å². The Labute approximate surface area is 330 Å². The summed E-state index contributed by atoms with van der Waals surface area (Å²) in [6, 6.07) is 36.2. The molecule has 0 saturated carbocycles. The molecular weight excluding hydrogens is 725 g/mol. The first-order chi connectivity index (χ1) is 27.8. The summed E-state index contributed by atoms with van der Waals surface area (Å²) in [7, 11) is 0. The van der Waals surface area contributed by atoms with Gasteiger partial charge in [0.1, 0.15) is 74.8 Å². The fraction of sp³-hybridized carbons (Fsp3) is 0.191. The molecule has 6 aromatic rings. The van der Waals surface area contributed by atoms with Crippen molar-refractivity contribution in [3.05, 3.63) is 144 Å². The number of rotatable bonds is 18. The van der Waals surface area contributed by atoms with Crippen molar-refractivity contribution in [3.8, 4) is 47.7 Å². The first-order valence-corrected chi connectivity index (χ1v) is 18.1. The van der Waals surface area contributed by atoms with Crippen LogP contribution in [0.15, 0.2) is 121 Å². The van der Waals surface area contributed by atoms with Crippen molar-refractivity contribution in [2.45, 2.75) is 18.6 Å². The Morgan fingerprint density at radius 2 is 0.842 bits per heavy atom. The van der Waals surface area contributed by atoms with Crippen LogP contribution in [0.3, 0.4) is 0 Å². The third kappa shape index (κ3) is 11.5. The second-order valence-corrected chi connectivity index (χ2v) is 13.0. The minimum Gasteiger partial charge on any atom is -0.491 e. The summed E-state index contributed by atoms with van der Waals surface area (Å²) in [4.78, 5) is 25.2. The summed E-state index contributed by atoms with van der Waals surface area (Å²) < 4.78 is 33.0. The van der Waals surface area contributed by atoms with E-state index in [0.29, 0.717) is 40.5 Å². The van der Waals surface area contributed by atoms with Gasteiger partial charge in [0.25, 0.3) is 0 Å². The molecule has 0 aliphatic heterocycles. The summed E-state index contributed by atoms with van der Waals surface area (Å²) >= 11 is 0. The van der Waals surface area contributed by atoms with E-state index in [1.54, 1.807) is 48.5 Å². The lowest BCUT2D eigenvalue weighted by Gasteiger charge is -2.14. The molecule has 2 N–H and O–H groups in total. The molecule has 6 aromatic carbocycles. The fourth-order valence-corrected chi connectivity index (χ4v) is 5.77. The number of terminal acetylenes is 2. The molecule has 0 saturated heterocycles. The second kappa shape index (κ2) is 19.6. The second-order valence-electron chi connectivity index (χ2n) is 13.0. The summed E-state index contributed by atoms with van der Waals surface area (Å²) in [5.74, 6) is 6.17. The van der Waals surface area contributed by atoms with Gasteiger partial charge in [0, 0.05) is 0 Å². The Hall–Kier alpha value is -6.98. The van der Waals surface area contributed by atoms with Crippen LogP contribution in [-0.2, 0) is 15.9 Å². The van der Waals surface area contributed by atoms with Gasteiger partial charge in [0.15, 0.2) is 0 Å². The Kier molecular flexibility index (Phi) is 13.6. The molecule has 0 bridgehead atoms. The Bertz CT molecular complexity index is 2220. The zero-order valence-electron chi connectivity index (χ0n) is 31.0. The van der Waals surface area contributed by atoms with Crippen LogP contribution in [-0.4, -0.2) is 74.0 Å². The minimum atomic E-state index is -1.02. The van der Waals surface area contributed by atoms with Gasteiger partial charge in [-0.05, 0) is 112 Å². The molecular formula is C47H40O10. The van der Waals surface area contributed by atoms with Gasteiger partial charge in [0.05, 0.1) is 11.1 Å². The standard InChI is InChI=1S/C47H40O10/c1-3-21-52-44-19-13-34-24-38(11-9-36(34)26-44)46(50)56-30-40(48)28-54-42-15-5-32(6-16-42)23-33-7-17-43(18-8-33)55-29-41(49)31-57-47(51)39-12-10-37-27-45(53-22-4-2)20-14-35(37)25-39/h1-2,5-20,24-27,40-41,48-49H,21-23,28-31H2. The first kappa shape index (κ1) is 39.7. The van der Waals surface area contributed by atoms with Crippen LogP contribution >= 0.6 is 0 Å². The average molecular weight is 765 g/mol. The molecule has 0 aliphatic rings. The molecule has 2 unspecified atom stereocenters. The maximum Gasteiger partial charge on any atom is 0.338 e. The lowest BCUT2D eigenvalue weighted by Crippen LogP contribution is -2.25.